The summed E-state index contributed by atoms with van der Waals surface area (Å²) in [5.41, 5.74) is 1.82. The molecule has 33 heavy (non-hydrogen) atoms. The summed E-state index contributed by atoms with van der Waals surface area (Å²) in [6.07, 6.45) is 17.7. The van der Waals surface area contributed by atoms with Gasteiger partial charge in [-0.1, -0.05) is 125 Å². The van der Waals surface area contributed by atoms with Gasteiger partial charge in [0.2, 0.25) is 0 Å². The normalized spacial score (nSPS) is 15.2. The van der Waals surface area contributed by atoms with Gasteiger partial charge in [0.25, 0.3) is 0 Å². The van der Waals surface area contributed by atoms with Crippen LogP contribution in [-0.4, -0.2) is 0 Å². The molecule has 0 fully saturated rings. The van der Waals surface area contributed by atoms with Crippen molar-refractivity contribution in [1.82, 2.24) is 0 Å². The Kier molecular flexibility index (Phi) is 26.3. The van der Waals surface area contributed by atoms with Gasteiger partial charge in [-0.05, 0) is 49.4 Å². The molecule has 0 rings (SSSR count). The van der Waals surface area contributed by atoms with Crippen LogP contribution in [0.2, 0.25) is 0 Å². The van der Waals surface area contributed by atoms with Crippen LogP contribution in [0.1, 0.15) is 160 Å². The van der Waals surface area contributed by atoms with Crippen LogP contribution in [0.15, 0.2) is 12.2 Å². The molecule has 0 saturated carbocycles. The molecule has 0 aromatic carbocycles. The number of hydrogen-bond donors (Lipinski definition) is 0. The van der Waals surface area contributed by atoms with Crippen LogP contribution in [0.4, 0.5) is 0 Å². The van der Waals surface area contributed by atoms with E-state index in [0.29, 0.717) is 5.41 Å². The summed E-state index contributed by atoms with van der Waals surface area (Å²) in [6, 6.07) is 0. The summed E-state index contributed by atoms with van der Waals surface area (Å²) in [5.74, 6) is 5.17. The molecule has 200 valence electrons. The van der Waals surface area contributed by atoms with E-state index in [4.69, 9.17) is 0 Å². The molecule has 0 spiro atoms. The zero-order valence-corrected chi connectivity index (χ0v) is 28.1. The molecular weight excluding hydrogens is 568 g/mol. The molecule has 0 N–H and O–H groups in total. The van der Waals surface area contributed by atoms with Crippen molar-refractivity contribution in [2.45, 2.75) is 160 Å². The molecule has 0 bridgehead atoms. The Labute approximate surface area is 227 Å². The molecular formula is C32H65W-. The smallest absolute Gasteiger partial charge is 0 e. The van der Waals surface area contributed by atoms with E-state index >= 15 is 0 Å². The second kappa shape index (κ2) is 22.9. The third kappa shape index (κ3) is 22.6. The van der Waals surface area contributed by atoms with Crippen molar-refractivity contribution in [1.29, 1.82) is 0 Å². The van der Waals surface area contributed by atoms with E-state index < -0.39 is 0 Å². The minimum absolute atomic E-state index is 0. The van der Waals surface area contributed by atoms with Crippen LogP contribution in [0.5, 0.6) is 0 Å². The van der Waals surface area contributed by atoms with Crippen LogP contribution in [0, 0.1) is 35.0 Å². The SMILES string of the molecule is C=C(C)CCCC(C)CCC(C)(C)C(C)CCCC(C)CC[C-](C)CC(C)CCC.CC.[W]. The Morgan fingerprint density at radius 2 is 1.36 bits per heavy atom. The van der Waals surface area contributed by atoms with Gasteiger partial charge in [0.05, 0.1) is 0 Å². The molecule has 4 atom stereocenters. The molecule has 0 amide bonds. The van der Waals surface area contributed by atoms with Crippen LogP contribution >= 0.6 is 0 Å². The first-order valence-corrected chi connectivity index (χ1v) is 14.4. The van der Waals surface area contributed by atoms with Crippen LogP contribution in [0.25, 0.3) is 0 Å². The Morgan fingerprint density at radius 1 is 0.818 bits per heavy atom. The topological polar surface area (TPSA) is 0 Å². The summed E-state index contributed by atoms with van der Waals surface area (Å²) >= 11 is 0. The second-order valence-corrected chi connectivity index (χ2v) is 12.0. The summed E-state index contributed by atoms with van der Waals surface area (Å²) in [6.45, 7) is 29.8. The van der Waals surface area contributed by atoms with Crippen molar-refractivity contribution in [3.8, 4) is 0 Å². The molecule has 0 aromatic rings. The predicted octanol–water partition coefficient (Wildman–Crippen LogP) is 11.8. The molecule has 0 nitrogen and oxygen atoms in total. The van der Waals surface area contributed by atoms with Gasteiger partial charge in [0.1, 0.15) is 0 Å². The summed E-state index contributed by atoms with van der Waals surface area (Å²) in [4.78, 5) is 0. The third-order valence-corrected chi connectivity index (χ3v) is 7.79. The molecule has 1 heteroatoms. The van der Waals surface area contributed by atoms with Crippen molar-refractivity contribution >= 4 is 0 Å². The first-order chi connectivity index (χ1) is 15.0. The summed E-state index contributed by atoms with van der Waals surface area (Å²) < 4.78 is 0. The van der Waals surface area contributed by atoms with Crippen LogP contribution in [0.3, 0.4) is 0 Å². The zero-order valence-electron chi connectivity index (χ0n) is 25.1. The number of rotatable bonds is 19. The van der Waals surface area contributed by atoms with E-state index in [0.717, 1.165) is 23.7 Å². The fourth-order valence-corrected chi connectivity index (χ4v) is 4.85. The predicted molar refractivity (Wildman–Crippen MR) is 151 cm³/mol. The summed E-state index contributed by atoms with van der Waals surface area (Å²) in [7, 11) is 0. The zero-order chi connectivity index (χ0) is 25.2. The van der Waals surface area contributed by atoms with E-state index in [1.807, 2.05) is 13.8 Å². The van der Waals surface area contributed by atoms with Crippen molar-refractivity contribution in [3.63, 3.8) is 0 Å². The quantitative estimate of drug-likeness (QED) is 0.0981. The third-order valence-electron chi connectivity index (χ3n) is 7.79. The van der Waals surface area contributed by atoms with Crippen molar-refractivity contribution < 1.29 is 21.1 Å². The van der Waals surface area contributed by atoms with Gasteiger partial charge in [0, 0.05) is 21.1 Å². The maximum Gasteiger partial charge on any atom is 0 e. The maximum absolute atomic E-state index is 4.04. The average Bonchev–Trinajstić information content (AvgIpc) is 2.72. The second-order valence-electron chi connectivity index (χ2n) is 12.0. The fraction of sp³-hybridized carbons (Fsp3) is 0.906. The van der Waals surface area contributed by atoms with Crippen molar-refractivity contribution in [2.75, 3.05) is 0 Å². The van der Waals surface area contributed by atoms with Gasteiger partial charge >= 0.3 is 0 Å². The molecule has 0 radical (unpaired) electrons. The van der Waals surface area contributed by atoms with Gasteiger partial charge in [0.15, 0.2) is 0 Å². The monoisotopic (exact) mass is 633 g/mol. The molecule has 0 aromatic heterocycles. The Bertz CT molecular complexity index is 424. The maximum atomic E-state index is 4.04. The van der Waals surface area contributed by atoms with E-state index in [1.54, 1.807) is 5.92 Å². The van der Waals surface area contributed by atoms with E-state index in [9.17, 15) is 0 Å². The average molecular weight is 634 g/mol. The molecule has 0 aliphatic carbocycles. The Balaban J connectivity index is -0.00000291. The van der Waals surface area contributed by atoms with E-state index in [-0.39, 0.29) is 21.1 Å². The molecule has 0 saturated heterocycles. The Hall–Kier alpha value is 0.428. The largest absolute Gasteiger partial charge is 0.316 e. The van der Waals surface area contributed by atoms with E-state index in [1.165, 1.54) is 89.0 Å². The van der Waals surface area contributed by atoms with Gasteiger partial charge in [-0.3, -0.25) is 0 Å². The first kappa shape index (κ1) is 38.0. The molecule has 0 aliphatic heterocycles. The van der Waals surface area contributed by atoms with Gasteiger partial charge in [-0.25, -0.2) is 0 Å². The van der Waals surface area contributed by atoms with Gasteiger partial charge in [-0.2, -0.15) is 19.8 Å². The van der Waals surface area contributed by atoms with Gasteiger partial charge in [-0.15, -0.1) is 6.58 Å². The van der Waals surface area contributed by atoms with Crippen molar-refractivity contribution in [2.24, 2.45) is 29.1 Å². The number of hydrogen-bond acceptors (Lipinski definition) is 0. The minimum Gasteiger partial charge on any atom is -0.316 e. The molecule has 0 heterocycles. The molecule has 0 aliphatic rings. The van der Waals surface area contributed by atoms with Crippen molar-refractivity contribution in [3.05, 3.63) is 18.1 Å². The molecule has 4 unspecified atom stereocenters. The fourth-order valence-electron chi connectivity index (χ4n) is 4.85. The summed E-state index contributed by atoms with van der Waals surface area (Å²) in [5, 5.41) is 0. The van der Waals surface area contributed by atoms with Crippen LogP contribution < -0.4 is 0 Å². The van der Waals surface area contributed by atoms with Gasteiger partial charge < -0.3 is 5.92 Å². The minimum atomic E-state index is 0. The first-order valence-electron chi connectivity index (χ1n) is 14.4. The Morgan fingerprint density at radius 3 is 1.91 bits per heavy atom. The van der Waals surface area contributed by atoms with Crippen LogP contribution in [-0.2, 0) is 21.1 Å². The van der Waals surface area contributed by atoms with E-state index in [2.05, 4.69) is 68.9 Å². The number of allylic oxidation sites excluding steroid dienone is 1. The standard InChI is InChI=1S/C30H59.C2H6.W/c1-11-14-27(6)23-28(7)20-19-25(4)17-13-18-29(8)30(9,10)22-21-26(5)16-12-15-24(2)3;1-2;/h25-27,29H,2,11-23H2,1,3-10H3;1-2H3;/q-1;;.